The van der Waals surface area contributed by atoms with Gasteiger partial charge in [-0.2, -0.15) is 13.2 Å². The second kappa shape index (κ2) is 10.3. The van der Waals surface area contributed by atoms with Gasteiger partial charge in [0, 0.05) is 25.9 Å². The number of carbonyl (C=O) groups excluding carboxylic acids is 2. The molecular formula is C28H27F3N2O2. The lowest BCUT2D eigenvalue weighted by Gasteiger charge is -2.38. The molecule has 7 heteroatoms. The van der Waals surface area contributed by atoms with E-state index in [1.807, 2.05) is 54.3 Å². The number of nitrogens with zero attached hydrogens (tertiary/aromatic N) is 1. The van der Waals surface area contributed by atoms with E-state index in [1.54, 1.807) is 0 Å². The van der Waals surface area contributed by atoms with Gasteiger partial charge in [-0.3, -0.25) is 9.59 Å². The number of alkyl halides is 3. The van der Waals surface area contributed by atoms with Gasteiger partial charge in [0.05, 0.1) is 11.6 Å². The summed E-state index contributed by atoms with van der Waals surface area (Å²) in [5, 5.41) is 2.53. The molecule has 182 valence electrons. The van der Waals surface area contributed by atoms with Crippen LogP contribution in [0.2, 0.25) is 0 Å². The SMILES string of the molecule is Cc1ccccc1C1c2ccccc2CCN1C(=O)CCC(=O)NCc1ccccc1C(F)(F)F. The van der Waals surface area contributed by atoms with Crippen LogP contribution < -0.4 is 5.32 Å². The van der Waals surface area contributed by atoms with Crippen molar-refractivity contribution in [3.8, 4) is 0 Å². The maximum Gasteiger partial charge on any atom is 0.416 e. The van der Waals surface area contributed by atoms with Crippen LogP contribution >= 0.6 is 0 Å². The van der Waals surface area contributed by atoms with Gasteiger partial charge in [0.15, 0.2) is 0 Å². The summed E-state index contributed by atoms with van der Waals surface area (Å²) >= 11 is 0. The van der Waals surface area contributed by atoms with Crippen LogP contribution in [0.15, 0.2) is 72.8 Å². The predicted molar refractivity (Wildman–Crippen MR) is 127 cm³/mol. The zero-order valence-corrected chi connectivity index (χ0v) is 19.4. The van der Waals surface area contributed by atoms with Crippen molar-refractivity contribution < 1.29 is 22.8 Å². The Kier molecular flexibility index (Phi) is 7.24. The molecule has 3 aromatic carbocycles. The van der Waals surface area contributed by atoms with Crippen LogP contribution in [0.25, 0.3) is 0 Å². The van der Waals surface area contributed by atoms with Crippen LogP contribution in [0.3, 0.4) is 0 Å². The lowest BCUT2D eigenvalue weighted by Crippen LogP contribution is -2.41. The Morgan fingerprint density at radius 3 is 2.31 bits per heavy atom. The van der Waals surface area contributed by atoms with Crippen molar-refractivity contribution in [3.63, 3.8) is 0 Å². The van der Waals surface area contributed by atoms with Crippen LogP contribution in [0.4, 0.5) is 13.2 Å². The summed E-state index contributed by atoms with van der Waals surface area (Å²) in [7, 11) is 0. The zero-order chi connectivity index (χ0) is 25.0. The average Bonchev–Trinajstić information content (AvgIpc) is 2.85. The van der Waals surface area contributed by atoms with Gasteiger partial charge in [0.1, 0.15) is 0 Å². The highest BCUT2D eigenvalue weighted by Crippen LogP contribution is 2.37. The fourth-order valence-corrected chi connectivity index (χ4v) is 4.66. The van der Waals surface area contributed by atoms with Crippen molar-refractivity contribution in [2.45, 2.75) is 44.9 Å². The molecule has 0 aliphatic carbocycles. The third-order valence-electron chi connectivity index (χ3n) is 6.45. The van der Waals surface area contributed by atoms with E-state index >= 15 is 0 Å². The number of fused-ring (bicyclic) bond motifs is 1. The molecule has 0 aromatic heterocycles. The minimum absolute atomic E-state index is 0.00747. The number of halogens is 3. The Bertz CT molecular complexity index is 1220. The largest absolute Gasteiger partial charge is 0.416 e. The minimum Gasteiger partial charge on any atom is -0.352 e. The molecule has 0 bridgehead atoms. The highest BCUT2D eigenvalue weighted by molar-refractivity contribution is 5.84. The summed E-state index contributed by atoms with van der Waals surface area (Å²) in [6, 6.07) is 20.9. The van der Waals surface area contributed by atoms with Gasteiger partial charge < -0.3 is 10.2 Å². The molecule has 2 amide bonds. The standard InChI is InChI=1S/C28H27F3N2O2/c1-19-8-2-5-11-22(19)27-23-12-6-3-9-20(23)16-17-33(27)26(35)15-14-25(34)32-18-21-10-4-7-13-24(21)28(29,30)31/h2-13,27H,14-18H2,1H3,(H,32,34). The summed E-state index contributed by atoms with van der Waals surface area (Å²) in [6.45, 7) is 2.31. The lowest BCUT2D eigenvalue weighted by molar-refractivity contribution is -0.138. The van der Waals surface area contributed by atoms with Crippen molar-refractivity contribution in [2.24, 2.45) is 0 Å². The Balaban J connectivity index is 1.44. The number of benzene rings is 3. The number of rotatable bonds is 6. The first kappa shape index (κ1) is 24.5. The molecule has 1 heterocycles. The first-order valence-electron chi connectivity index (χ1n) is 11.6. The molecule has 0 saturated carbocycles. The third-order valence-corrected chi connectivity index (χ3v) is 6.45. The molecule has 4 rings (SSSR count). The van der Waals surface area contributed by atoms with E-state index < -0.39 is 17.6 Å². The Morgan fingerprint density at radius 2 is 1.57 bits per heavy atom. The topological polar surface area (TPSA) is 49.4 Å². The smallest absolute Gasteiger partial charge is 0.352 e. The van der Waals surface area contributed by atoms with E-state index in [0.29, 0.717) is 6.54 Å². The monoisotopic (exact) mass is 480 g/mol. The van der Waals surface area contributed by atoms with Gasteiger partial charge in [-0.1, -0.05) is 66.7 Å². The number of carbonyl (C=O) groups is 2. The molecule has 1 N–H and O–H groups in total. The van der Waals surface area contributed by atoms with E-state index in [-0.39, 0.29) is 36.9 Å². The highest BCUT2D eigenvalue weighted by Gasteiger charge is 2.34. The molecular weight excluding hydrogens is 453 g/mol. The van der Waals surface area contributed by atoms with Gasteiger partial charge in [0.25, 0.3) is 0 Å². The molecule has 1 atom stereocenters. The molecule has 1 unspecified atom stereocenters. The van der Waals surface area contributed by atoms with E-state index in [1.165, 1.54) is 23.8 Å². The quantitative estimate of drug-likeness (QED) is 0.501. The summed E-state index contributed by atoms with van der Waals surface area (Å²) in [4.78, 5) is 27.5. The first-order chi connectivity index (χ1) is 16.8. The molecule has 0 radical (unpaired) electrons. The van der Waals surface area contributed by atoms with Crippen LogP contribution in [0.5, 0.6) is 0 Å². The summed E-state index contributed by atoms with van der Waals surface area (Å²) in [5.41, 5.74) is 3.62. The molecule has 1 aliphatic rings. The van der Waals surface area contributed by atoms with E-state index in [2.05, 4.69) is 11.4 Å². The Labute approximate surface area is 202 Å². The van der Waals surface area contributed by atoms with Crippen molar-refractivity contribution in [2.75, 3.05) is 6.54 Å². The fraction of sp³-hybridized carbons (Fsp3) is 0.286. The van der Waals surface area contributed by atoms with Gasteiger partial charge in [-0.15, -0.1) is 0 Å². The number of amides is 2. The molecule has 0 saturated heterocycles. The summed E-state index contributed by atoms with van der Waals surface area (Å²) in [5.74, 6) is -0.612. The molecule has 0 spiro atoms. The first-order valence-corrected chi connectivity index (χ1v) is 11.6. The van der Waals surface area contributed by atoms with Crippen molar-refractivity contribution in [1.82, 2.24) is 10.2 Å². The number of hydrogen-bond acceptors (Lipinski definition) is 2. The normalized spacial score (nSPS) is 15.4. The Morgan fingerprint density at radius 1 is 0.914 bits per heavy atom. The molecule has 0 fully saturated rings. The average molecular weight is 481 g/mol. The summed E-state index contributed by atoms with van der Waals surface area (Å²) in [6.07, 6.45) is -3.87. The van der Waals surface area contributed by atoms with E-state index in [9.17, 15) is 22.8 Å². The zero-order valence-electron chi connectivity index (χ0n) is 19.4. The number of aryl methyl sites for hydroxylation is 1. The van der Waals surface area contributed by atoms with Crippen LogP contribution in [0.1, 0.15) is 52.3 Å². The second-order valence-electron chi connectivity index (χ2n) is 8.73. The molecule has 4 nitrogen and oxygen atoms in total. The molecule has 1 aliphatic heterocycles. The van der Waals surface area contributed by atoms with E-state index in [0.717, 1.165) is 29.2 Å². The number of hydrogen-bond donors (Lipinski definition) is 1. The molecule has 3 aromatic rings. The van der Waals surface area contributed by atoms with Crippen molar-refractivity contribution >= 4 is 11.8 Å². The van der Waals surface area contributed by atoms with Gasteiger partial charge in [0.2, 0.25) is 11.8 Å². The number of nitrogens with one attached hydrogen (secondary N) is 1. The maximum atomic E-state index is 13.3. The maximum absolute atomic E-state index is 13.3. The van der Waals surface area contributed by atoms with Gasteiger partial charge >= 0.3 is 6.18 Å². The highest BCUT2D eigenvalue weighted by atomic mass is 19.4. The molecule has 35 heavy (non-hydrogen) atoms. The van der Waals surface area contributed by atoms with E-state index in [4.69, 9.17) is 0 Å². The van der Waals surface area contributed by atoms with Crippen molar-refractivity contribution in [3.05, 3.63) is 106 Å². The third kappa shape index (κ3) is 5.56. The minimum atomic E-state index is -4.49. The van der Waals surface area contributed by atoms with Crippen LogP contribution in [-0.4, -0.2) is 23.3 Å². The second-order valence-corrected chi connectivity index (χ2v) is 8.73. The van der Waals surface area contributed by atoms with Crippen LogP contribution in [0, 0.1) is 6.92 Å². The Hall–Kier alpha value is -3.61. The fourth-order valence-electron chi connectivity index (χ4n) is 4.66. The lowest BCUT2D eigenvalue weighted by atomic mass is 9.86. The summed E-state index contributed by atoms with van der Waals surface area (Å²) < 4.78 is 39.5. The predicted octanol–water partition coefficient (Wildman–Crippen LogP) is 5.58. The van der Waals surface area contributed by atoms with Crippen LogP contribution in [-0.2, 0) is 28.7 Å². The van der Waals surface area contributed by atoms with Crippen molar-refractivity contribution in [1.29, 1.82) is 0 Å². The van der Waals surface area contributed by atoms with Gasteiger partial charge in [-0.05, 0) is 47.2 Å². The van der Waals surface area contributed by atoms with Gasteiger partial charge in [-0.25, -0.2) is 0 Å².